The second-order valence-corrected chi connectivity index (χ2v) is 5.89. The molecule has 2 aromatic rings. The van der Waals surface area contributed by atoms with Crippen LogP contribution >= 0.6 is 15.9 Å². The maximum absolute atomic E-state index is 12.1. The third kappa shape index (κ3) is 2.46. The van der Waals surface area contributed by atoms with Gasteiger partial charge >= 0.3 is 0 Å². The minimum Gasteiger partial charge on any atom is -0.399 e. The lowest BCUT2D eigenvalue weighted by atomic mass is 10.3. The summed E-state index contributed by atoms with van der Waals surface area (Å²) in [5.41, 5.74) is 6.43. The van der Waals surface area contributed by atoms with Crippen molar-refractivity contribution < 1.29 is 8.42 Å². The van der Waals surface area contributed by atoms with Crippen LogP contribution < -0.4 is 10.5 Å². The van der Waals surface area contributed by atoms with Gasteiger partial charge in [0.1, 0.15) is 0 Å². The number of anilines is 2. The van der Waals surface area contributed by atoms with Gasteiger partial charge < -0.3 is 5.73 Å². The molecule has 9 heteroatoms. The molecule has 0 aliphatic carbocycles. The highest BCUT2D eigenvalue weighted by Gasteiger charge is 2.23. The van der Waals surface area contributed by atoms with E-state index in [2.05, 4.69) is 31.0 Å². The standard InChI is InChI=1S/C9H10BrN5O2S/c1-15-9(8(10)12-14-15)18(16,17)13-7-4-2-3-6(11)5-7/h2-5,13H,11H2,1H3. The molecule has 1 aromatic heterocycles. The predicted molar refractivity (Wildman–Crippen MR) is 70.4 cm³/mol. The highest BCUT2D eigenvalue weighted by Crippen LogP contribution is 2.22. The zero-order valence-corrected chi connectivity index (χ0v) is 11.7. The van der Waals surface area contributed by atoms with Gasteiger partial charge in [-0.15, -0.1) is 5.10 Å². The Hall–Kier alpha value is -1.61. The van der Waals surface area contributed by atoms with Gasteiger partial charge in [-0.3, -0.25) is 4.72 Å². The number of nitrogens with one attached hydrogen (secondary N) is 1. The van der Waals surface area contributed by atoms with E-state index in [9.17, 15) is 8.42 Å². The van der Waals surface area contributed by atoms with Crippen molar-refractivity contribution in [3.05, 3.63) is 28.9 Å². The van der Waals surface area contributed by atoms with Gasteiger partial charge in [-0.05, 0) is 34.1 Å². The molecule has 3 N–H and O–H groups in total. The lowest BCUT2D eigenvalue weighted by molar-refractivity contribution is 0.578. The Balaban J connectivity index is 2.39. The predicted octanol–water partition coefficient (Wildman–Crippen LogP) is 0.961. The zero-order valence-electron chi connectivity index (χ0n) is 9.33. The van der Waals surface area contributed by atoms with Crippen LogP contribution in [0.5, 0.6) is 0 Å². The summed E-state index contributed by atoms with van der Waals surface area (Å²) in [5.74, 6) is 0. The van der Waals surface area contributed by atoms with Gasteiger partial charge in [0.25, 0.3) is 10.0 Å². The highest BCUT2D eigenvalue weighted by atomic mass is 79.9. The second-order valence-electron chi connectivity index (χ2n) is 3.54. The number of nitrogens with zero attached hydrogens (tertiary/aromatic N) is 3. The molecule has 0 bridgehead atoms. The summed E-state index contributed by atoms with van der Waals surface area (Å²) in [4.78, 5) is 0. The molecule has 18 heavy (non-hydrogen) atoms. The number of hydrogen-bond acceptors (Lipinski definition) is 5. The Morgan fingerprint density at radius 2 is 2.17 bits per heavy atom. The van der Waals surface area contributed by atoms with Gasteiger partial charge in [-0.25, -0.2) is 4.68 Å². The molecule has 0 saturated heterocycles. The molecule has 0 aliphatic rings. The maximum atomic E-state index is 12.1. The van der Waals surface area contributed by atoms with Gasteiger partial charge in [0, 0.05) is 12.7 Å². The minimum absolute atomic E-state index is 0.0510. The van der Waals surface area contributed by atoms with E-state index >= 15 is 0 Å². The normalized spacial score (nSPS) is 11.4. The van der Waals surface area contributed by atoms with Crippen molar-refractivity contribution in [2.24, 2.45) is 7.05 Å². The Bertz CT molecular complexity index is 663. The smallest absolute Gasteiger partial charge is 0.281 e. The molecule has 0 amide bonds. The number of aromatic nitrogens is 3. The number of rotatable bonds is 3. The average molecular weight is 332 g/mol. The third-order valence-corrected chi connectivity index (χ3v) is 4.40. The summed E-state index contributed by atoms with van der Waals surface area (Å²) < 4.78 is 28.0. The Kier molecular flexibility index (Phi) is 3.26. The van der Waals surface area contributed by atoms with Crippen molar-refractivity contribution >= 4 is 37.3 Å². The molecule has 0 unspecified atom stereocenters. The lowest BCUT2D eigenvalue weighted by Gasteiger charge is -2.08. The lowest BCUT2D eigenvalue weighted by Crippen LogP contribution is -2.17. The first kappa shape index (κ1) is 12.8. The quantitative estimate of drug-likeness (QED) is 0.815. The molecule has 0 spiro atoms. The summed E-state index contributed by atoms with van der Waals surface area (Å²) in [5, 5.41) is 7.19. The number of benzene rings is 1. The monoisotopic (exact) mass is 331 g/mol. The van der Waals surface area contributed by atoms with Crippen molar-refractivity contribution in [2.75, 3.05) is 10.5 Å². The average Bonchev–Trinajstić information content (AvgIpc) is 2.58. The van der Waals surface area contributed by atoms with Gasteiger partial charge in [-0.2, -0.15) is 8.42 Å². The fourth-order valence-electron chi connectivity index (χ4n) is 1.41. The zero-order chi connectivity index (χ0) is 13.3. The number of sulfonamides is 1. The molecular weight excluding hydrogens is 322 g/mol. The molecule has 0 radical (unpaired) electrons. The second kappa shape index (κ2) is 4.58. The summed E-state index contributed by atoms with van der Waals surface area (Å²) >= 11 is 3.04. The van der Waals surface area contributed by atoms with Crippen molar-refractivity contribution in [2.45, 2.75) is 5.03 Å². The molecule has 2 rings (SSSR count). The minimum atomic E-state index is -3.76. The highest BCUT2D eigenvalue weighted by molar-refractivity contribution is 9.10. The van der Waals surface area contributed by atoms with E-state index in [0.29, 0.717) is 11.4 Å². The molecule has 0 atom stereocenters. The van der Waals surface area contributed by atoms with Crippen LogP contribution in [-0.2, 0) is 17.1 Å². The molecule has 0 aliphatic heterocycles. The van der Waals surface area contributed by atoms with Crippen LogP contribution in [0.2, 0.25) is 0 Å². The van der Waals surface area contributed by atoms with Crippen LogP contribution in [0, 0.1) is 0 Å². The van der Waals surface area contributed by atoms with Crippen LogP contribution in [0.1, 0.15) is 0 Å². The number of nitrogen functional groups attached to an aromatic ring is 1. The third-order valence-electron chi connectivity index (χ3n) is 2.13. The van der Waals surface area contributed by atoms with Gasteiger partial charge in [0.05, 0.1) is 5.69 Å². The summed E-state index contributed by atoms with van der Waals surface area (Å²) in [6.45, 7) is 0. The SMILES string of the molecule is Cn1nnc(Br)c1S(=O)(=O)Nc1cccc(N)c1. The van der Waals surface area contributed by atoms with E-state index in [1.54, 1.807) is 18.2 Å². The fraction of sp³-hybridized carbons (Fsp3) is 0.111. The van der Waals surface area contributed by atoms with Crippen LogP contribution in [-0.4, -0.2) is 23.4 Å². The number of halogens is 1. The summed E-state index contributed by atoms with van der Waals surface area (Å²) in [6.07, 6.45) is 0. The Morgan fingerprint density at radius 3 is 2.72 bits per heavy atom. The summed E-state index contributed by atoms with van der Waals surface area (Å²) in [6, 6.07) is 6.45. The van der Waals surface area contributed by atoms with Crippen LogP contribution in [0.4, 0.5) is 11.4 Å². The molecule has 1 heterocycles. The van der Waals surface area contributed by atoms with E-state index in [-0.39, 0.29) is 9.63 Å². The van der Waals surface area contributed by atoms with Gasteiger partial charge in [-0.1, -0.05) is 11.3 Å². The van der Waals surface area contributed by atoms with E-state index in [1.165, 1.54) is 17.8 Å². The largest absolute Gasteiger partial charge is 0.399 e. The van der Waals surface area contributed by atoms with E-state index < -0.39 is 10.0 Å². The molecule has 0 fully saturated rings. The van der Waals surface area contributed by atoms with E-state index in [0.717, 1.165) is 0 Å². The van der Waals surface area contributed by atoms with Crippen LogP contribution in [0.15, 0.2) is 33.9 Å². The number of nitrogens with two attached hydrogens (primary N) is 1. The van der Waals surface area contributed by atoms with Crippen LogP contribution in [0.3, 0.4) is 0 Å². The first-order chi connectivity index (χ1) is 8.40. The van der Waals surface area contributed by atoms with E-state index in [4.69, 9.17) is 5.73 Å². The molecule has 96 valence electrons. The molecule has 0 saturated carbocycles. The van der Waals surface area contributed by atoms with E-state index in [1.807, 2.05) is 0 Å². The van der Waals surface area contributed by atoms with Gasteiger partial charge in [0.2, 0.25) is 5.03 Å². The number of aryl methyl sites for hydroxylation is 1. The van der Waals surface area contributed by atoms with Crippen molar-refractivity contribution in [3.63, 3.8) is 0 Å². The summed E-state index contributed by atoms with van der Waals surface area (Å²) in [7, 11) is -2.27. The van der Waals surface area contributed by atoms with Crippen molar-refractivity contribution in [1.29, 1.82) is 0 Å². The Morgan fingerprint density at radius 1 is 1.44 bits per heavy atom. The molecule has 1 aromatic carbocycles. The van der Waals surface area contributed by atoms with Gasteiger partial charge in [0.15, 0.2) is 4.60 Å². The molecule has 7 nitrogen and oxygen atoms in total. The van der Waals surface area contributed by atoms with Crippen molar-refractivity contribution in [1.82, 2.24) is 15.0 Å². The Labute approximate surface area is 112 Å². The topological polar surface area (TPSA) is 103 Å². The molecular formula is C9H10BrN5O2S. The van der Waals surface area contributed by atoms with Crippen molar-refractivity contribution in [3.8, 4) is 0 Å². The number of hydrogen-bond donors (Lipinski definition) is 2. The first-order valence-electron chi connectivity index (χ1n) is 4.84. The van der Waals surface area contributed by atoms with Crippen LogP contribution in [0.25, 0.3) is 0 Å². The first-order valence-corrected chi connectivity index (χ1v) is 7.11. The fourth-order valence-corrected chi connectivity index (χ4v) is 3.56. The maximum Gasteiger partial charge on any atom is 0.281 e.